The van der Waals surface area contributed by atoms with Crippen molar-refractivity contribution in [3.05, 3.63) is 29.8 Å². The number of hydrogen-bond donors (Lipinski definition) is 2. The summed E-state index contributed by atoms with van der Waals surface area (Å²) in [5.74, 6) is 0.567. The number of nitrogens with one attached hydrogen (secondary N) is 2. The number of amides is 1. The van der Waals surface area contributed by atoms with Crippen LogP contribution >= 0.6 is 0 Å². The molecule has 1 aromatic carbocycles. The number of ether oxygens (including phenoxy) is 1. The predicted octanol–water partition coefficient (Wildman–Crippen LogP) is 3.62. The van der Waals surface area contributed by atoms with E-state index in [1.54, 1.807) is 20.8 Å². The summed E-state index contributed by atoms with van der Waals surface area (Å²) in [6.45, 7) is 11.3. The molecule has 0 bridgehead atoms. The van der Waals surface area contributed by atoms with E-state index in [-0.39, 0.29) is 24.2 Å². The fraction of sp³-hybridized carbons (Fsp3) is 0.708. The molecular formula is C24H39N3O4S. The summed E-state index contributed by atoms with van der Waals surface area (Å²) in [7, 11) is -3.30. The highest BCUT2D eigenvalue weighted by Gasteiger charge is 2.33. The van der Waals surface area contributed by atoms with Crippen LogP contribution in [0.25, 0.3) is 0 Å². The number of anilines is 1. The minimum absolute atomic E-state index is 0.0337. The first-order valence-electron chi connectivity index (χ1n) is 11.7. The number of sulfonamides is 1. The molecule has 2 unspecified atom stereocenters. The van der Waals surface area contributed by atoms with Crippen LogP contribution in [0.1, 0.15) is 70.7 Å². The van der Waals surface area contributed by atoms with Crippen LogP contribution < -0.4 is 10.0 Å². The quantitative estimate of drug-likeness (QED) is 0.670. The summed E-state index contributed by atoms with van der Waals surface area (Å²) < 4.78 is 32.6. The summed E-state index contributed by atoms with van der Waals surface area (Å²) in [5.41, 5.74) is 1.70. The highest BCUT2D eigenvalue weighted by Crippen LogP contribution is 2.27. The molecule has 32 heavy (non-hydrogen) atoms. The Hall–Kier alpha value is -1.64. The van der Waals surface area contributed by atoms with Crippen LogP contribution in [0, 0.1) is 5.92 Å². The molecule has 0 radical (unpaired) electrons. The predicted molar refractivity (Wildman–Crippen MR) is 128 cm³/mol. The number of nitrogens with zero attached hydrogens (tertiary/aromatic N) is 1. The monoisotopic (exact) mass is 465 g/mol. The molecule has 1 saturated heterocycles. The molecule has 7 nitrogen and oxygen atoms in total. The van der Waals surface area contributed by atoms with Gasteiger partial charge in [0.2, 0.25) is 10.0 Å². The standard InChI is InChI=1S/C24H39N3O4S/c1-17-15-27(16-18(2)31-17)23(28)20-8-12-21(13-9-20)25-14-19-6-10-22(11-7-19)26-32(29,30)24(3,4)5/h8-9,12-13,17-19,22,25-26H,6-7,10-11,14-16H2,1-5H3. The molecule has 2 aliphatic rings. The van der Waals surface area contributed by atoms with Crippen molar-refractivity contribution in [2.24, 2.45) is 5.92 Å². The second-order valence-corrected chi connectivity index (χ2v) is 12.8. The highest BCUT2D eigenvalue weighted by molar-refractivity contribution is 7.90. The molecule has 1 saturated carbocycles. The molecule has 1 heterocycles. The maximum Gasteiger partial charge on any atom is 0.254 e. The van der Waals surface area contributed by atoms with Crippen LogP contribution in [0.3, 0.4) is 0 Å². The Kier molecular flexibility index (Phi) is 7.89. The lowest BCUT2D eigenvalue weighted by molar-refractivity contribution is -0.0586. The van der Waals surface area contributed by atoms with E-state index in [0.717, 1.165) is 37.9 Å². The van der Waals surface area contributed by atoms with Crippen LogP contribution in [0.2, 0.25) is 0 Å². The van der Waals surface area contributed by atoms with Crippen LogP contribution in [0.5, 0.6) is 0 Å². The highest BCUT2D eigenvalue weighted by atomic mass is 32.2. The molecular weight excluding hydrogens is 426 g/mol. The lowest BCUT2D eigenvalue weighted by atomic mass is 9.86. The topological polar surface area (TPSA) is 87.7 Å². The number of benzene rings is 1. The van der Waals surface area contributed by atoms with Crippen molar-refractivity contribution in [2.75, 3.05) is 25.0 Å². The van der Waals surface area contributed by atoms with Gasteiger partial charge in [-0.25, -0.2) is 13.1 Å². The molecule has 180 valence electrons. The lowest BCUT2D eigenvalue weighted by Crippen LogP contribution is -2.48. The van der Waals surface area contributed by atoms with Crippen molar-refractivity contribution in [2.45, 2.75) is 83.3 Å². The van der Waals surface area contributed by atoms with Crippen molar-refractivity contribution < 1.29 is 17.9 Å². The Bertz CT molecular complexity index is 862. The van der Waals surface area contributed by atoms with Gasteiger partial charge in [-0.1, -0.05) is 0 Å². The zero-order chi connectivity index (χ0) is 23.5. The van der Waals surface area contributed by atoms with Crippen LogP contribution in [0.4, 0.5) is 5.69 Å². The third kappa shape index (κ3) is 6.45. The molecule has 0 spiro atoms. The van der Waals surface area contributed by atoms with E-state index >= 15 is 0 Å². The molecule has 1 aromatic rings. The fourth-order valence-electron chi connectivity index (χ4n) is 4.40. The smallest absolute Gasteiger partial charge is 0.254 e. The third-order valence-electron chi connectivity index (χ3n) is 6.41. The minimum atomic E-state index is -3.30. The van der Waals surface area contributed by atoms with Crippen molar-refractivity contribution in [1.82, 2.24) is 9.62 Å². The second kappa shape index (κ2) is 10.1. The first-order valence-corrected chi connectivity index (χ1v) is 13.2. The van der Waals surface area contributed by atoms with Crippen molar-refractivity contribution in [1.29, 1.82) is 0 Å². The number of carbonyl (C=O) groups excluding carboxylic acids is 1. The van der Waals surface area contributed by atoms with Gasteiger partial charge in [-0.3, -0.25) is 4.79 Å². The average Bonchev–Trinajstić information content (AvgIpc) is 2.71. The van der Waals surface area contributed by atoms with Gasteiger partial charge in [-0.2, -0.15) is 0 Å². The van der Waals surface area contributed by atoms with Crippen LogP contribution in [-0.4, -0.2) is 61.9 Å². The SMILES string of the molecule is CC1CN(C(=O)c2ccc(NCC3CCC(NS(=O)(=O)C(C)(C)C)CC3)cc2)CC(C)O1. The minimum Gasteiger partial charge on any atom is -0.385 e. The summed E-state index contributed by atoms with van der Waals surface area (Å²) in [4.78, 5) is 14.7. The Balaban J connectivity index is 1.45. The second-order valence-electron chi connectivity index (χ2n) is 10.4. The van der Waals surface area contributed by atoms with E-state index in [1.807, 2.05) is 43.0 Å². The Labute approximate surface area is 193 Å². The molecule has 1 amide bonds. The first-order chi connectivity index (χ1) is 14.9. The van der Waals surface area contributed by atoms with Gasteiger partial charge in [0, 0.05) is 36.9 Å². The third-order valence-corrected chi connectivity index (χ3v) is 8.66. The Morgan fingerprint density at radius 2 is 1.59 bits per heavy atom. The van der Waals surface area contributed by atoms with Gasteiger partial charge < -0.3 is 15.0 Å². The zero-order valence-corrected chi connectivity index (χ0v) is 20.9. The number of carbonyl (C=O) groups is 1. The van der Waals surface area contributed by atoms with Gasteiger partial charge in [0.15, 0.2) is 0 Å². The van der Waals surface area contributed by atoms with Gasteiger partial charge in [-0.15, -0.1) is 0 Å². The summed E-state index contributed by atoms with van der Waals surface area (Å²) in [6, 6.07) is 7.72. The van der Waals surface area contributed by atoms with Gasteiger partial charge in [0.05, 0.1) is 17.0 Å². The molecule has 2 N–H and O–H groups in total. The Morgan fingerprint density at radius 3 is 2.12 bits per heavy atom. The maximum atomic E-state index is 12.8. The van der Waals surface area contributed by atoms with Gasteiger partial charge in [-0.05, 0) is 90.5 Å². The van der Waals surface area contributed by atoms with Crippen LogP contribution in [-0.2, 0) is 14.8 Å². The van der Waals surface area contributed by atoms with E-state index in [4.69, 9.17) is 4.74 Å². The van der Waals surface area contributed by atoms with Crippen molar-refractivity contribution >= 4 is 21.6 Å². The van der Waals surface area contributed by atoms with E-state index in [2.05, 4.69) is 10.0 Å². The summed E-state index contributed by atoms with van der Waals surface area (Å²) in [6.07, 6.45) is 3.84. The van der Waals surface area contributed by atoms with Gasteiger partial charge in [0.1, 0.15) is 0 Å². The number of morpholine rings is 1. The molecule has 1 aliphatic heterocycles. The largest absolute Gasteiger partial charge is 0.385 e. The normalized spacial score (nSPS) is 27.2. The van der Waals surface area contributed by atoms with E-state index in [9.17, 15) is 13.2 Å². The van der Waals surface area contributed by atoms with E-state index in [0.29, 0.717) is 24.6 Å². The van der Waals surface area contributed by atoms with Gasteiger partial charge in [0.25, 0.3) is 5.91 Å². The van der Waals surface area contributed by atoms with E-state index < -0.39 is 14.8 Å². The van der Waals surface area contributed by atoms with Crippen LogP contribution in [0.15, 0.2) is 24.3 Å². The molecule has 0 aromatic heterocycles. The number of rotatable bonds is 6. The molecule has 2 fully saturated rings. The average molecular weight is 466 g/mol. The molecule has 1 aliphatic carbocycles. The zero-order valence-electron chi connectivity index (χ0n) is 20.1. The van der Waals surface area contributed by atoms with Crippen molar-refractivity contribution in [3.63, 3.8) is 0 Å². The maximum absolute atomic E-state index is 12.8. The fourth-order valence-corrected chi connectivity index (χ4v) is 5.43. The molecule has 2 atom stereocenters. The summed E-state index contributed by atoms with van der Waals surface area (Å²) >= 11 is 0. The molecule has 3 rings (SSSR count). The van der Waals surface area contributed by atoms with Gasteiger partial charge >= 0.3 is 0 Å². The van der Waals surface area contributed by atoms with E-state index in [1.165, 1.54) is 0 Å². The number of hydrogen-bond acceptors (Lipinski definition) is 5. The first kappa shape index (κ1) is 25.0. The Morgan fingerprint density at radius 1 is 1.03 bits per heavy atom. The lowest BCUT2D eigenvalue weighted by Gasteiger charge is -2.35. The summed E-state index contributed by atoms with van der Waals surface area (Å²) in [5, 5.41) is 3.48. The van der Waals surface area contributed by atoms with Crippen molar-refractivity contribution in [3.8, 4) is 0 Å². The molecule has 8 heteroatoms.